The van der Waals surface area contributed by atoms with Gasteiger partial charge in [-0.15, -0.1) is 0 Å². The van der Waals surface area contributed by atoms with E-state index in [1.54, 1.807) is 18.5 Å². The average Bonchev–Trinajstić information content (AvgIpc) is 2.33. The number of aryl methyl sites for hydroxylation is 1. The van der Waals surface area contributed by atoms with Crippen LogP contribution < -0.4 is 0 Å². The van der Waals surface area contributed by atoms with Crippen LogP contribution in [0.15, 0.2) is 46.7 Å². The van der Waals surface area contributed by atoms with E-state index in [-0.39, 0.29) is 0 Å². The van der Waals surface area contributed by atoms with Crippen molar-refractivity contribution < 1.29 is 4.79 Å². The molecule has 1 aromatic carbocycles. The van der Waals surface area contributed by atoms with Gasteiger partial charge in [-0.25, -0.2) is 9.97 Å². The van der Waals surface area contributed by atoms with Gasteiger partial charge in [0, 0.05) is 22.9 Å². The third-order valence-electron chi connectivity index (χ3n) is 2.00. The van der Waals surface area contributed by atoms with Gasteiger partial charge in [-0.2, -0.15) is 0 Å². The highest BCUT2D eigenvalue weighted by Crippen LogP contribution is 2.26. The number of carbonyl (C=O) groups excluding carboxylic acids is 1. The van der Waals surface area contributed by atoms with Gasteiger partial charge in [0.1, 0.15) is 0 Å². The molecule has 3 nitrogen and oxygen atoms in total. The third-order valence-corrected chi connectivity index (χ3v) is 2.99. The monoisotopic (exact) mass is 230 g/mol. The molecule has 0 saturated heterocycles. The predicted molar refractivity (Wildman–Crippen MR) is 62.7 cm³/mol. The first-order valence-corrected chi connectivity index (χ1v) is 5.62. The highest BCUT2D eigenvalue weighted by Gasteiger charge is 2.04. The number of aldehydes is 1. The maximum atomic E-state index is 10.8. The van der Waals surface area contributed by atoms with Gasteiger partial charge in [0.25, 0.3) is 0 Å². The third kappa shape index (κ3) is 2.46. The fourth-order valence-electron chi connectivity index (χ4n) is 1.20. The lowest BCUT2D eigenvalue weighted by Gasteiger charge is -2.02. The van der Waals surface area contributed by atoms with Crippen molar-refractivity contribution in [1.29, 1.82) is 0 Å². The normalized spacial score (nSPS) is 10.1. The molecule has 0 atom stereocenters. The Morgan fingerprint density at radius 1 is 1.19 bits per heavy atom. The summed E-state index contributed by atoms with van der Waals surface area (Å²) in [5.74, 6) is 0. The molecule has 0 aliphatic carbocycles. The fraction of sp³-hybridized carbons (Fsp3) is 0.0833. The highest BCUT2D eigenvalue weighted by molar-refractivity contribution is 7.99. The molecule has 0 unspecified atom stereocenters. The summed E-state index contributed by atoms with van der Waals surface area (Å²) in [7, 11) is 0. The van der Waals surface area contributed by atoms with Crippen LogP contribution in [0.3, 0.4) is 0 Å². The first-order valence-electron chi connectivity index (χ1n) is 4.80. The van der Waals surface area contributed by atoms with E-state index in [1.807, 2.05) is 25.1 Å². The second kappa shape index (κ2) is 4.90. The van der Waals surface area contributed by atoms with E-state index in [9.17, 15) is 4.79 Å². The summed E-state index contributed by atoms with van der Waals surface area (Å²) < 4.78 is 0. The van der Waals surface area contributed by atoms with Crippen LogP contribution in [0.25, 0.3) is 0 Å². The van der Waals surface area contributed by atoms with Crippen LogP contribution in [-0.4, -0.2) is 16.3 Å². The molecule has 0 fully saturated rings. The smallest absolute Gasteiger partial charge is 0.192 e. The Kier molecular flexibility index (Phi) is 3.31. The zero-order chi connectivity index (χ0) is 11.4. The van der Waals surface area contributed by atoms with Gasteiger partial charge in [-0.3, -0.25) is 4.79 Å². The Labute approximate surface area is 97.9 Å². The zero-order valence-corrected chi connectivity index (χ0v) is 9.57. The standard InChI is InChI=1S/C12H10N2OS/c1-9-6-13-12(14-7-9)16-11-5-3-2-4-10(11)8-15/h2-8H,1H3. The number of rotatable bonds is 3. The van der Waals surface area contributed by atoms with Gasteiger partial charge in [0.15, 0.2) is 11.4 Å². The van der Waals surface area contributed by atoms with Crippen molar-refractivity contribution in [3.8, 4) is 0 Å². The van der Waals surface area contributed by atoms with Gasteiger partial charge in [-0.05, 0) is 30.3 Å². The minimum absolute atomic E-state index is 0.653. The Bertz CT molecular complexity index is 497. The quantitative estimate of drug-likeness (QED) is 0.600. The summed E-state index contributed by atoms with van der Waals surface area (Å²) in [6, 6.07) is 7.40. The Balaban J connectivity index is 2.26. The van der Waals surface area contributed by atoms with Gasteiger partial charge in [0.2, 0.25) is 0 Å². The second-order valence-electron chi connectivity index (χ2n) is 3.30. The first kappa shape index (κ1) is 10.8. The molecule has 1 aromatic heterocycles. The predicted octanol–water partition coefficient (Wildman–Crippen LogP) is 2.75. The second-order valence-corrected chi connectivity index (χ2v) is 4.31. The Morgan fingerprint density at radius 3 is 2.56 bits per heavy atom. The first-order chi connectivity index (χ1) is 7.79. The van der Waals surface area contributed by atoms with E-state index in [0.717, 1.165) is 16.7 Å². The summed E-state index contributed by atoms with van der Waals surface area (Å²) >= 11 is 1.39. The largest absolute Gasteiger partial charge is 0.298 e. The van der Waals surface area contributed by atoms with Crippen LogP contribution in [0.1, 0.15) is 15.9 Å². The molecule has 0 aliphatic heterocycles. The van der Waals surface area contributed by atoms with Crippen LogP contribution >= 0.6 is 11.8 Å². The summed E-state index contributed by atoms with van der Waals surface area (Å²) in [5.41, 5.74) is 1.68. The molecule has 0 amide bonds. The molecule has 80 valence electrons. The van der Waals surface area contributed by atoms with Crippen molar-refractivity contribution in [3.05, 3.63) is 47.8 Å². The topological polar surface area (TPSA) is 42.9 Å². The SMILES string of the molecule is Cc1cnc(Sc2ccccc2C=O)nc1. The van der Waals surface area contributed by atoms with Gasteiger partial charge in [-0.1, -0.05) is 18.2 Å². The van der Waals surface area contributed by atoms with E-state index in [0.29, 0.717) is 10.7 Å². The van der Waals surface area contributed by atoms with Crippen LogP contribution in [-0.2, 0) is 0 Å². The molecular formula is C12H10N2OS. The van der Waals surface area contributed by atoms with E-state index in [1.165, 1.54) is 11.8 Å². The van der Waals surface area contributed by atoms with Crippen molar-refractivity contribution in [3.63, 3.8) is 0 Å². The van der Waals surface area contributed by atoms with Crippen molar-refractivity contribution in [2.45, 2.75) is 17.0 Å². The molecule has 0 spiro atoms. The van der Waals surface area contributed by atoms with Gasteiger partial charge in [0.05, 0.1) is 0 Å². The van der Waals surface area contributed by atoms with E-state index in [4.69, 9.17) is 0 Å². The molecule has 4 heteroatoms. The summed E-state index contributed by atoms with van der Waals surface area (Å²) in [6.45, 7) is 1.94. The number of benzene rings is 1. The van der Waals surface area contributed by atoms with Crippen LogP contribution in [0.2, 0.25) is 0 Å². The van der Waals surface area contributed by atoms with E-state index in [2.05, 4.69) is 9.97 Å². The van der Waals surface area contributed by atoms with E-state index >= 15 is 0 Å². The lowest BCUT2D eigenvalue weighted by atomic mass is 10.2. The fourth-order valence-corrected chi connectivity index (χ4v) is 1.99. The molecule has 2 aromatic rings. The van der Waals surface area contributed by atoms with Crippen molar-refractivity contribution >= 4 is 18.0 Å². The Morgan fingerprint density at radius 2 is 1.88 bits per heavy atom. The van der Waals surface area contributed by atoms with Crippen molar-refractivity contribution in [2.24, 2.45) is 0 Å². The Hall–Kier alpha value is -1.68. The summed E-state index contributed by atoms with van der Waals surface area (Å²) in [6.07, 6.45) is 4.37. The molecule has 0 N–H and O–H groups in total. The lowest BCUT2D eigenvalue weighted by molar-refractivity contribution is 0.112. The average molecular weight is 230 g/mol. The number of aromatic nitrogens is 2. The zero-order valence-electron chi connectivity index (χ0n) is 8.75. The molecule has 16 heavy (non-hydrogen) atoms. The highest BCUT2D eigenvalue weighted by atomic mass is 32.2. The molecule has 0 aliphatic rings. The van der Waals surface area contributed by atoms with Gasteiger partial charge >= 0.3 is 0 Å². The minimum Gasteiger partial charge on any atom is -0.298 e. The molecule has 0 bridgehead atoms. The maximum absolute atomic E-state index is 10.8. The van der Waals surface area contributed by atoms with Crippen LogP contribution in [0, 0.1) is 6.92 Å². The summed E-state index contributed by atoms with van der Waals surface area (Å²) in [5, 5.41) is 0.653. The number of hydrogen-bond donors (Lipinski definition) is 0. The molecule has 0 saturated carbocycles. The molecular weight excluding hydrogens is 220 g/mol. The summed E-state index contributed by atoms with van der Waals surface area (Å²) in [4.78, 5) is 20.1. The van der Waals surface area contributed by atoms with E-state index < -0.39 is 0 Å². The lowest BCUT2D eigenvalue weighted by Crippen LogP contribution is -1.89. The van der Waals surface area contributed by atoms with Gasteiger partial charge < -0.3 is 0 Å². The van der Waals surface area contributed by atoms with Crippen molar-refractivity contribution in [1.82, 2.24) is 9.97 Å². The maximum Gasteiger partial charge on any atom is 0.192 e. The van der Waals surface area contributed by atoms with Crippen molar-refractivity contribution in [2.75, 3.05) is 0 Å². The molecule has 1 heterocycles. The number of carbonyl (C=O) groups is 1. The number of hydrogen-bond acceptors (Lipinski definition) is 4. The minimum atomic E-state index is 0.653. The van der Waals surface area contributed by atoms with Crippen LogP contribution in [0.4, 0.5) is 0 Å². The molecule has 2 rings (SSSR count). The molecule has 0 radical (unpaired) electrons. The number of nitrogens with zero attached hydrogens (tertiary/aromatic N) is 2. The van der Waals surface area contributed by atoms with Crippen LogP contribution in [0.5, 0.6) is 0 Å².